The molecule has 1 aliphatic carbocycles. The number of nitrogens with two attached hydrogens (primary N) is 1. The van der Waals surface area contributed by atoms with E-state index < -0.39 is 0 Å². The summed E-state index contributed by atoms with van der Waals surface area (Å²) in [7, 11) is 0. The molecule has 102 valence electrons. The van der Waals surface area contributed by atoms with Crippen molar-refractivity contribution >= 4 is 5.91 Å². The predicted octanol–water partition coefficient (Wildman–Crippen LogP) is 1.07. The molecule has 1 aromatic carbocycles. The molecule has 0 spiro atoms. The minimum Gasteiger partial charge on any atom is -0.486 e. The van der Waals surface area contributed by atoms with Crippen molar-refractivity contribution in [1.82, 2.24) is 5.32 Å². The van der Waals surface area contributed by atoms with E-state index in [0.717, 1.165) is 19.3 Å². The van der Waals surface area contributed by atoms with Gasteiger partial charge in [0, 0.05) is 17.6 Å². The third kappa shape index (κ3) is 2.66. The van der Waals surface area contributed by atoms with E-state index >= 15 is 0 Å². The standard InChI is InChI=1S/C14H18N2O3/c15-10-2-3-11(8-10)16-14(17)9-1-4-12-13(7-9)19-6-5-18-12/h1,4,7,10-11H,2-3,5-6,8,15H2,(H,16,17). The van der Waals surface area contributed by atoms with Gasteiger partial charge in [0.1, 0.15) is 13.2 Å². The van der Waals surface area contributed by atoms with Crippen molar-refractivity contribution in [1.29, 1.82) is 0 Å². The second-order valence-electron chi connectivity index (χ2n) is 5.10. The lowest BCUT2D eigenvalue weighted by Crippen LogP contribution is -2.34. The van der Waals surface area contributed by atoms with Crippen LogP contribution in [-0.4, -0.2) is 31.2 Å². The van der Waals surface area contributed by atoms with E-state index in [1.165, 1.54) is 0 Å². The zero-order valence-corrected chi connectivity index (χ0v) is 10.7. The Labute approximate surface area is 112 Å². The maximum absolute atomic E-state index is 12.1. The third-order valence-electron chi connectivity index (χ3n) is 3.61. The van der Waals surface area contributed by atoms with Crippen LogP contribution in [0, 0.1) is 0 Å². The normalized spacial score (nSPS) is 25.1. The number of carbonyl (C=O) groups excluding carboxylic acids is 1. The van der Waals surface area contributed by atoms with E-state index in [1.807, 2.05) is 0 Å². The summed E-state index contributed by atoms with van der Waals surface area (Å²) in [6.07, 6.45) is 2.79. The zero-order valence-electron chi connectivity index (χ0n) is 10.7. The molecule has 0 saturated heterocycles. The van der Waals surface area contributed by atoms with Gasteiger partial charge in [-0.05, 0) is 37.5 Å². The maximum Gasteiger partial charge on any atom is 0.251 e. The Hall–Kier alpha value is -1.75. The van der Waals surface area contributed by atoms with Gasteiger partial charge in [-0.25, -0.2) is 0 Å². The van der Waals surface area contributed by atoms with Crippen LogP contribution in [0.1, 0.15) is 29.6 Å². The molecule has 1 saturated carbocycles. The van der Waals surface area contributed by atoms with Gasteiger partial charge >= 0.3 is 0 Å². The zero-order chi connectivity index (χ0) is 13.2. The quantitative estimate of drug-likeness (QED) is 0.836. The van der Waals surface area contributed by atoms with Crippen LogP contribution in [0.4, 0.5) is 0 Å². The molecule has 5 heteroatoms. The Morgan fingerprint density at radius 2 is 2.00 bits per heavy atom. The minimum absolute atomic E-state index is 0.0731. The van der Waals surface area contributed by atoms with Gasteiger partial charge in [-0.1, -0.05) is 0 Å². The fraction of sp³-hybridized carbons (Fsp3) is 0.500. The van der Waals surface area contributed by atoms with Crippen LogP contribution in [0.5, 0.6) is 11.5 Å². The highest BCUT2D eigenvalue weighted by Gasteiger charge is 2.24. The Morgan fingerprint density at radius 3 is 2.74 bits per heavy atom. The van der Waals surface area contributed by atoms with E-state index in [4.69, 9.17) is 15.2 Å². The van der Waals surface area contributed by atoms with Crippen molar-refractivity contribution in [2.75, 3.05) is 13.2 Å². The molecule has 2 atom stereocenters. The average Bonchev–Trinajstić information content (AvgIpc) is 2.83. The molecule has 1 aliphatic heterocycles. The molecule has 2 aliphatic rings. The highest BCUT2D eigenvalue weighted by molar-refractivity contribution is 5.95. The fourth-order valence-corrected chi connectivity index (χ4v) is 2.60. The van der Waals surface area contributed by atoms with Crippen molar-refractivity contribution in [3.05, 3.63) is 23.8 Å². The number of hydrogen-bond donors (Lipinski definition) is 2. The summed E-state index contributed by atoms with van der Waals surface area (Å²) in [5.41, 5.74) is 6.44. The average molecular weight is 262 g/mol. The van der Waals surface area contributed by atoms with Crippen molar-refractivity contribution in [3.63, 3.8) is 0 Å². The lowest BCUT2D eigenvalue weighted by molar-refractivity contribution is 0.0936. The summed E-state index contributed by atoms with van der Waals surface area (Å²) < 4.78 is 10.9. The highest BCUT2D eigenvalue weighted by Crippen LogP contribution is 2.30. The largest absolute Gasteiger partial charge is 0.486 e. The summed E-state index contributed by atoms with van der Waals surface area (Å²) >= 11 is 0. The first-order valence-corrected chi connectivity index (χ1v) is 6.68. The topological polar surface area (TPSA) is 73.6 Å². The number of hydrogen-bond acceptors (Lipinski definition) is 4. The summed E-state index contributed by atoms with van der Waals surface area (Å²) in [6.45, 7) is 1.08. The highest BCUT2D eigenvalue weighted by atomic mass is 16.6. The number of nitrogens with one attached hydrogen (secondary N) is 1. The third-order valence-corrected chi connectivity index (χ3v) is 3.61. The van der Waals surface area contributed by atoms with Crippen LogP contribution in [0.15, 0.2) is 18.2 Å². The Bertz CT molecular complexity index is 490. The number of fused-ring (bicyclic) bond motifs is 1. The molecule has 0 radical (unpaired) electrons. The van der Waals surface area contributed by atoms with Crippen LogP contribution in [-0.2, 0) is 0 Å². The smallest absolute Gasteiger partial charge is 0.251 e. The molecule has 3 N–H and O–H groups in total. The van der Waals surface area contributed by atoms with E-state index in [0.29, 0.717) is 30.3 Å². The van der Waals surface area contributed by atoms with E-state index in [9.17, 15) is 4.79 Å². The lowest BCUT2D eigenvalue weighted by atomic mass is 10.1. The number of ether oxygens (including phenoxy) is 2. The van der Waals surface area contributed by atoms with Crippen molar-refractivity contribution < 1.29 is 14.3 Å². The Balaban J connectivity index is 1.69. The number of amides is 1. The van der Waals surface area contributed by atoms with E-state index in [-0.39, 0.29) is 18.0 Å². The molecule has 1 amide bonds. The summed E-state index contributed by atoms with van der Waals surface area (Å²) in [5, 5.41) is 3.02. The fourth-order valence-electron chi connectivity index (χ4n) is 2.60. The Morgan fingerprint density at radius 1 is 1.21 bits per heavy atom. The van der Waals surface area contributed by atoms with Gasteiger partial charge in [0.25, 0.3) is 5.91 Å². The van der Waals surface area contributed by atoms with Crippen molar-refractivity contribution in [2.45, 2.75) is 31.3 Å². The van der Waals surface area contributed by atoms with Crippen LogP contribution in [0.3, 0.4) is 0 Å². The van der Waals surface area contributed by atoms with Gasteiger partial charge in [0.2, 0.25) is 0 Å². The maximum atomic E-state index is 12.1. The molecule has 2 unspecified atom stereocenters. The van der Waals surface area contributed by atoms with Crippen LogP contribution < -0.4 is 20.5 Å². The van der Waals surface area contributed by atoms with E-state index in [1.54, 1.807) is 18.2 Å². The monoisotopic (exact) mass is 262 g/mol. The van der Waals surface area contributed by atoms with Gasteiger partial charge in [0.15, 0.2) is 11.5 Å². The minimum atomic E-state index is -0.0731. The Kier molecular flexibility index (Phi) is 3.29. The van der Waals surface area contributed by atoms with Gasteiger partial charge in [-0.2, -0.15) is 0 Å². The predicted molar refractivity (Wildman–Crippen MR) is 70.5 cm³/mol. The molecule has 0 bridgehead atoms. The van der Waals surface area contributed by atoms with Gasteiger partial charge in [0.05, 0.1) is 0 Å². The van der Waals surface area contributed by atoms with Gasteiger partial charge in [-0.3, -0.25) is 4.79 Å². The SMILES string of the molecule is NC1CCC(NC(=O)c2ccc3c(c2)OCCO3)C1. The molecule has 3 rings (SSSR count). The molecule has 19 heavy (non-hydrogen) atoms. The molecule has 1 aromatic rings. The van der Waals surface area contributed by atoms with Gasteiger partial charge in [-0.15, -0.1) is 0 Å². The number of carbonyl (C=O) groups is 1. The van der Waals surface area contributed by atoms with Crippen molar-refractivity contribution in [2.24, 2.45) is 5.73 Å². The van der Waals surface area contributed by atoms with E-state index in [2.05, 4.69) is 5.32 Å². The summed E-state index contributed by atoms with van der Waals surface area (Å²) in [6, 6.07) is 5.68. The van der Waals surface area contributed by atoms with Crippen molar-refractivity contribution in [3.8, 4) is 11.5 Å². The van der Waals surface area contributed by atoms with Crippen LogP contribution in [0.2, 0.25) is 0 Å². The first kappa shape index (κ1) is 12.3. The molecular weight excluding hydrogens is 244 g/mol. The first-order chi connectivity index (χ1) is 9.22. The molecule has 1 fully saturated rings. The summed E-state index contributed by atoms with van der Waals surface area (Å²) in [5.74, 6) is 1.27. The molecule has 1 heterocycles. The molecule has 0 aromatic heterocycles. The second kappa shape index (κ2) is 5.09. The number of benzene rings is 1. The van der Waals surface area contributed by atoms with Crippen LogP contribution in [0.25, 0.3) is 0 Å². The molecular formula is C14H18N2O3. The van der Waals surface area contributed by atoms with Gasteiger partial charge < -0.3 is 20.5 Å². The summed E-state index contributed by atoms with van der Waals surface area (Å²) in [4.78, 5) is 12.1. The first-order valence-electron chi connectivity index (χ1n) is 6.68. The second-order valence-corrected chi connectivity index (χ2v) is 5.10. The van der Waals surface area contributed by atoms with Crippen LogP contribution >= 0.6 is 0 Å². The number of rotatable bonds is 2. The molecule has 5 nitrogen and oxygen atoms in total. The lowest BCUT2D eigenvalue weighted by Gasteiger charge is -2.19.